The minimum atomic E-state index is -0.522. The van der Waals surface area contributed by atoms with Gasteiger partial charge < -0.3 is 14.2 Å². The van der Waals surface area contributed by atoms with Crippen LogP contribution in [-0.2, 0) is 4.79 Å². The number of benzene rings is 1. The summed E-state index contributed by atoms with van der Waals surface area (Å²) in [6, 6.07) is 7.51. The largest absolute Gasteiger partial charge is 0.442 e. The summed E-state index contributed by atoms with van der Waals surface area (Å²) >= 11 is 7.01. The highest BCUT2D eigenvalue weighted by molar-refractivity contribution is 6.33. The van der Waals surface area contributed by atoms with Crippen molar-refractivity contribution in [2.45, 2.75) is 32.9 Å². The molecule has 42 heavy (non-hydrogen) atoms. The number of halogens is 2. The fraction of sp³-hybridized carbons (Fsp3) is 0.267. The fourth-order valence-corrected chi connectivity index (χ4v) is 6.65. The Morgan fingerprint density at radius 1 is 1.24 bits per heavy atom. The molecule has 1 amide bonds. The van der Waals surface area contributed by atoms with Crippen molar-refractivity contribution in [1.82, 2.24) is 24.4 Å². The van der Waals surface area contributed by atoms with Crippen LogP contribution in [0.3, 0.4) is 0 Å². The van der Waals surface area contributed by atoms with Gasteiger partial charge in [-0.25, -0.2) is 23.7 Å². The maximum atomic E-state index is 15.3. The molecule has 10 nitrogen and oxygen atoms in total. The maximum absolute atomic E-state index is 15.3. The van der Waals surface area contributed by atoms with Crippen molar-refractivity contribution in [2.75, 3.05) is 24.5 Å². The summed E-state index contributed by atoms with van der Waals surface area (Å²) < 4.78 is 24.3. The number of fused-ring (bicyclic) bond motifs is 3. The smallest absolute Gasteiger partial charge is 0.425 e. The molecule has 212 valence electrons. The van der Waals surface area contributed by atoms with Crippen molar-refractivity contribution >= 4 is 45.6 Å². The Bertz CT molecular complexity index is 2040. The zero-order chi connectivity index (χ0) is 29.4. The van der Waals surface area contributed by atoms with Crippen LogP contribution >= 0.6 is 11.6 Å². The Kier molecular flexibility index (Phi) is 5.91. The summed E-state index contributed by atoms with van der Waals surface area (Å²) in [4.78, 5) is 43.8. The van der Waals surface area contributed by atoms with Gasteiger partial charge in [-0.05, 0) is 45.0 Å². The monoisotopic (exact) mass is 586 g/mol. The van der Waals surface area contributed by atoms with E-state index < -0.39 is 17.5 Å². The van der Waals surface area contributed by atoms with E-state index in [-0.39, 0.29) is 11.9 Å². The van der Waals surface area contributed by atoms with E-state index in [2.05, 4.69) is 16.5 Å². The number of nitrogens with zero attached hydrogens (tertiary/aromatic N) is 7. The lowest BCUT2D eigenvalue weighted by Crippen LogP contribution is -2.55. The molecular weight excluding hydrogens is 561 g/mol. The number of piperazine rings is 1. The highest BCUT2D eigenvalue weighted by Crippen LogP contribution is 2.40. The Morgan fingerprint density at radius 3 is 2.76 bits per heavy atom. The molecule has 1 saturated heterocycles. The highest BCUT2D eigenvalue weighted by Gasteiger charge is 2.42. The van der Waals surface area contributed by atoms with Gasteiger partial charge in [0, 0.05) is 31.2 Å². The normalized spacial score (nSPS) is 18.0. The van der Waals surface area contributed by atoms with E-state index in [1.807, 2.05) is 30.2 Å². The van der Waals surface area contributed by atoms with Crippen molar-refractivity contribution in [3.05, 3.63) is 82.0 Å². The van der Waals surface area contributed by atoms with E-state index in [4.69, 9.17) is 21.0 Å². The van der Waals surface area contributed by atoms with Gasteiger partial charge in [0.2, 0.25) is 11.6 Å². The van der Waals surface area contributed by atoms with Gasteiger partial charge in [-0.1, -0.05) is 30.3 Å². The lowest BCUT2D eigenvalue weighted by atomic mass is 10.0. The zero-order valence-corrected chi connectivity index (χ0v) is 23.9. The molecule has 2 atom stereocenters. The van der Waals surface area contributed by atoms with E-state index in [0.717, 1.165) is 0 Å². The number of carbonyl (C=O) groups excluding carboxylic acids is 1. The van der Waals surface area contributed by atoms with Crippen molar-refractivity contribution in [3.63, 3.8) is 0 Å². The number of anilines is 1. The number of amides is 1. The summed E-state index contributed by atoms with van der Waals surface area (Å²) in [5.74, 6) is -0.147. The van der Waals surface area contributed by atoms with E-state index in [1.54, 1.807) is 29.2 Å². The van der Waals surface area contributed by atoms with Gasteiger partial charge in [-0.3, -0.25) is 4.79 Å². The third-order valence-corrected chi connectivity index (χ3v) is 8.59. The quantitative estimate of drug-likeness (QED) is 0.231. The first-order valence-electron chi connectivity index (χ1n) is 13.6. The van der Waals surface area contributed by atoms with Crippen LogP contribution in [0.15, 0.2) is 58.6 Å². The first-order chi connectivity index (χ1) is 20.2. The first-order valence-corrected chi connectivity index (χ1v) is 14.0. The third-order valence-electron chi connectivity index (χ3n) is 8.30. The second kappa shape index (κ2) is 9.45. The first kappa shape index (κ1) is 26.3. The molecule has 0 spiro atoms. The molecule has 0 radical (unpaired) electrons. The van der Waals surface area contributed by atoms with Crippen LogP contribution in [0, 0.1) is 12.7 Å². The second-order valence-electron chi connectivity index (χ2n) is 10.7. The van der Waals surface area contributed by atoms with Crippen LogP contribution in [-0.4, -0.2) is 56.0 Å². The van der Waals surface area contributed by atoms with E-state index in [0.29, 0.717) is 80.9 Å². The molecule has 12 heteroatoms. The SMILES string of the molecule is C=CC(=O)N1CCN(c2nc(=O)n3c4c2cc(Cl)c(-c2ccccc2F)[n+]4C(C)c2nc4ocnc4c(C)c2-3)[C@@H](C)C1. The number of aromatic nitrogens is 5. The Balaban J connectivity index is 1.58. The lowest BCUT2D eigenvalue weighted by molar-refractivity contribution is -0.679. The van der Waals surface area contributed by atoms with Crippen molar-refractivity contribution in [3.8, 4) is 16.9 Å². The number of rotatable bonds is 3. The Morgan fingerprint density at radius 2 is 2.02 bits per heavy atom. The summed E-state index contributed by atoms with van der Waals surface area (Å²) in [6.07, 6.45) is 2.62. The van der Waals surface area contributed by atoms with Gasteiger partial charge in [-0.2, -0.15) is 4.98 Å². The van der Waals surface area contributed by atoms with Gasteiger partial charge >= 0.3 is 11.3 Å². The topological polar surface area (TPSA) is 101 Å². The van der Waals surface area contributed by atoms with Crippen LogP contribution in [0.4, 0.5) is 10.2 Å². The molecule has 2 aliphatic rings. The summed E-state index contributed by atoms with van der Waals surface area (Å²) in [5, 5.41) is 0.911. The van der Waals surface area contributed by atoms with Crippen LogP contribution in [0.5, 0.6) is 0 Å². The summed E-state index contributed by atoms with van der Waals surface area (Å²) in [6.45, 7) is 10.7. The molecule has 5 aromatic rings. The molecule has 0 aliphatic carbocycles. The van der Waals surface area contributed by atoms with Gasteiger partial charge in [0.15, 0.2) is 23.6 Å². The van der Waals surface area contributed by atoms with E-state index in [1.165, 1.54) is 23.1 Å². The van der Waals surface area contributed by atoms with Gasteiger partial charge in [0.1, 0.15) is 28.5 Å². The molecule has 2 aliphatic heterocycles. The van der Waals surface area contributed by atoms with Gasteiger partial charge in [0.25, 0.3) is 0 Å². The number of hydrogen-bond donors (Lipinski definition) is 0. The minimum absolute atomic E-state index is 0.146. The molecule has 0 N–H and O–H groups in total. The van der Waals surface area contributed by atoms with Gasteiger partial charge in [-0.15, -0.1) is 4.57 Å². The molecule has 7 rings (SSSR count). The lowest BCUT2D eigenvalue weighted by Gasteiger charge is -2.40. The maximum Gasteiger partial charge on any atom is 0.442 e. The molecule has 0 saturated carbocycles. The average Bonchev–Trinajstić information content (AvgIpc) is 3.46. The van der Waals surface area contributed by atoms with Gasteiger partial charge in [0.05, 0.1) is 10.6 Å². The molecule has 1 aromatic carbocycles. The van der Waals surface area contributed by atoms with Crippen molar-refractivity contribution in [1.29, 1.82) is 0 Å². The van der Waals surface area contributed by atoms with Crippen molar-refractivity contribution < 1.29 is 18.2 Å². The third kappa shape index (κ3) is 3.62. The number of carbonyl (C=O) groups is 1. The predicted molar refractivity (Wildman–Crippen MR) is 155 cm³/mol. The standard InChI is InChI=1S/C30H26ClFN7O3/c1-5-22(40)36-10-11-37(15(2)13-36)27-19-12-20(31)26(18-8-6-7-9-21(18)32)38-17(4)24-25(39(29(19)38)30(41)35-27)16(3)23-28(34-24)42-14-33-23/h5-9,12,14-15,17H,1,10-11,13H2,2-4H3/q+1/t15-,17?/m0/s1. The number of oxazole rings is 1. The second-order valence-corrected chi connectivity index (χ2v) is 11.1. The molecule has 0 bridgehead atoms. The molecule has 1 fully saturated rings. The van der Waals surface area contributed by atoms with E-state index >= 15 is 4.39 Å². The number of hydrogen-bond acceptors (Lipinski definition) is 7. The summed E-state index contributed by atoms with van der Waals surface area (Å²) in [7, 11) is 0. The van der Waals surface area contributed by atoms with Crippen LogP contribution in [0.2, 0.25) is 5.02 Å². The van der Waals surface area contributed by atoms with Crippen molar-refractivity contribution in [2.24, 2.45) is 0 Å². The predicted octanol–water partition coefficient (Wildman–Crippen LogP) is 4.12. The Hall–Kier alpha value is -4.64. The molecular formula is C30H26ClFN7O3+. The minimum Gasteiger partial charge on any atom is -0.425 e. The van der Waals surface area contributed by atoms with E-state index in [9.17, 15) is 9.59 Å². The van der Waals surface area contributed by atoms with Crippen LogP contribution in [0.1, 0.15) is 31.1 Å². The van der Waals surface area contributed by atoms with Crippen LogP contribution < -0.4 is 15.2 Å². The molecule has 6 heterocycles. The number of aryl methyl sites for hydroxylation is 1. The average molecular weight is 587 g/mol. The molecule has 4 aromatic heterocycles. The highest BCUT2D eigenvalue weighted by atomic mass is 35.5. The molecule has 1 unspecified atom stereocenters. The zero-order valence-electron chi connectivity index (χ0n) is 23.1. The van der Waals surface area contributed by atoms with Crippen LogP contribution in [0.25, 0.3) is 39.2 Å². The Labute approximate surface area is 244 Å². The fourth-order valence-electron chi connectivity index (χ4n) is 6.34. The number of pyridine rings is 2. The summed E-state index contributed by atoms with van der Waals surface area (Å²) in [5.41, 5.74) is 3.41.